The molecular weight excluding hydrogens is 330 g/mol. The van der Waals surface area contributed by atoms with Gasteiger partial charge in [0.1, 0.15) is 12.1 Å². The molecule has 128 valence electrons. The molecule has 6 nitrogen and oxygen atoms in total. The quantitative estimate of drug-likeness (QED) is 0.823. The monoisotopic (exact) mass is 349 g/mol. The zero-order valence-corrected chi connectivity index (χ0v) is 14.3. The van der Waals surface area contributed by atoms with Crippen molar-refractivity contribution in [2.45, 2.75) is 44.6 Å². The van der Waals surface area contributed by atoms with Gasteiger partial charge >= 0.3 is 6.03 Å². The summed E-state index contributed by atoms with van der Waals surface area (Å²) in [6.45, 7) is 1.55. The maximum atomic E-state index is 12.6. The van der Waals surface area contributed by atoms with Gasteiger partial charge in [-0.2, -0.15) is 0 Å². The van der Waals surface area contributed by atoms with Crippen molar-refractivity contribution in [1.82, 2.24) is 10.2 Å². The van der Waals surface area contributed by atoms with Gasteiger partial charge in [0.15, 0.2) is 0 Å². The summed E-state index contributed by atoms with van der Waals surface area (Å²) >= 11 is 5.93. The predicted molar refractivity (Wildman–Crippen MR) is 90.9 cm³/mol. The Morgan fingerprint density at radius 1 is 1.29 bits per heavy atom. The van der Waals surface area contributed by atoms with Gasteiger partial charge in [0.2, 0.25) is 5.91 Å². The number of nitrogens with one attached hydrogen (secondary N) is 2. The third kappa shape index (κ3) is 3.11. The smallest absolute Gasteiger partial charge is 0.324 e. The SMILES string of the molecule is Cc1ccc(Cl)cc1NC(=O)CN1C(=O)NC2(CCCCC2)C1=O. The summed E-state index contributed by atoms with van der Waals surface area (Å²) < 4.78 is 0. The summed E-state index contributed by atoms with van der Waals surface area (Å²) in [5.41, 5.74) is 0.627. The van der Waals surface area contributed by atoms with E-state index in [-0.39, 0.29) is 12.5 Å². The van der Waals surface area contributed by atoms with Crippen LogP contribution < -0.4 is 10.6 Å². The first-order valence-corrected chi connectivity index (χ1v) is 8.49. The van der Waals surface area contributed by atoms with E-state index in [1.54, 1.807) is 18.2 Å². The van der Waals surface area contributed by atoms with Gasteiger partial charge in [-0.15, -0.1) is 0 Å². The van der Waals surface area contributed by atoms with E-state index in [2.05, 4.69) is 10.6 Å². The molecule has 1 aliphatic carbocycles. The molecule has 7 heteroatoms. The van der Waals surface area contributed by atoms with E-state index in [1.165, 1.54) is 0 Å². The highest BCUT2D eigenvalue weighted by Gasteiger charge is 2.51. The van der Waals surface area contributed by atoms with E-state index in [0.717, 1.165) is 29.7 Å². The van der Waals surface area contributed by atoms with Gasteiger partial charge in [-0.05, 0) is 37.5 Å². The number of carbonyl (C=O) groups is 3. The van der Waals surface area contributed by atoms with E-state index in [1.807, 2.05) is 6.92 Å². The second-order valence-corrected chi connectivity index (χ2v) is 6.91. The summed E-state index contributed by atoms with van der Waals surface area (Å²) in [4.78, 5) is 38.1. The van der Waals surface area contributed by atoms with Crippen LogP contribution in [0.1, 0.15) is 37.7 Å². The van der Waals surface area contributed by atoms with Crippen molar-refractivity contribution < 1.29 is 14.4 Å². The minimum atomic E-state index is -0.804. The van der Waals surface area contributed by atoms with Crippen LogP contribution in [0.2, 0.25) is 5.02 Å². The fourth-order valence-electron chi connectivity index (χ4n) is 3.38. The number of halogens is 1. The van der Waals surface area contributed by atoms with Crippen LogP contribution in [0.4, 0.5) is 10.5 Å². The number of amides is 4. The molecule has 4 amide bonds. The molecule has 2 fully saturated rings. The third-order valence-corrected chi connectivity index (χ3v) is 4.96. The predicted octanol–water partition coefficient (Wildman–Crippen LogP) is 2.84. The van der Waals surface area contributed by atoms with E-state index >= 15 is 0 Å². The second kappa shape index (κ2) is 6.43. The fourth-order valence-corrected chi connectivity index (χ4v) is 3.55. The number of rotatable bonds is 3. The molecule has 0 aromatic heterocycles. The van der Waals surface area contributed by atoms with E-state index in [4.69, 9.17) is 11.6 Å². The first kappa shape index (κ1) is 16.8. The number of anilines is 1. The molecular formula is C17H20ClN3O3. The molecule has 0 radical (unpaired) electrons. The average Bonchev–Trinajstić information content (AvgIpc) is 2.76. The molecule has 2 N–H and O–H groups in total. The molecule has 1 aromatic carbocycles. The van der Waals surface area contributed by atoms with Crippen LogP contribution in [0.3, 0.4) is 0 Å². The van der Waals surface area contributed by atoms with Crippen LogP contribution in [0, 0.1) is 6.92 Å². The molecule has 2 aliphatic rings. The Morgan fingerprint density at radius 2 is 2.00 bits per heavy atom. The first-order chi connectivity index (χ1) is 11.4. The molecule has 0 atom stereocenters. The average molecular weight is 350 g/mol. The fraction of sp³-hybridized carbons (Fsp3) is 0.471. The van der Waals surface area contributed by atoms with Gasteiger partial charge in [-0.3, -0.25) is 14.5 Å². The van der Waals surface area contributed by atoms with E-state index in [9.17, 15) is 14.4 Å². The Labute approximate surface area is 145 Å². The number of hydrogen-bond acceptors (Lipinski definition) is 3. The topological polar surface area (TPSA) is 78.5 Å². The largest absolute Gasteiger partial charge is 0.325 e. The lowest BCUT2D eigenvalue weighted by Gasteiger charge is -2.30. The van der Waals surface area contributed by atoms with Crippen molar-refractivity contribution in [3.63, 3.8) is 0 Å². The molecule has 1 aromatic rings. The number of imide groups is 1. The van der Waals surface area contributed by atoms with Gasteiger partial charge in [0.25, 0.3) is 5.91 Å². The van der Waals surface area contributed by atoms with Crippen molar-refractivity contribution in [3.05, 3.63) is 28.8 Å². The highest BCUT2D eigenvalue weighted by Crippen LogP contribution is 2.33. The Hall–Kier alpha value is -2.08. The number of nitrogens with zero attached hydrogens (tertiary/aromatic N) is 1. The lowest BCUT2D eigenvalue weighted by molar-refractivity contribution is -0.134. The standard InChI is InChI=1S/C17H20ClN3O3/c1-11-5-6-12(18)9-13(11)19-14(22)10-21-15(23)17(20-16(21)24)7-3-2-4-8-17/h5-6,9H,2-4,7-8,10H2,1H3,(H,19,22)(H,20,24). The number of benzene rings is 1. The van der Waals surface area contributed by atoms with Gasteiger partial charge in [0.05, 0.1) is 0 Å². The summed E-state index contributed by atoms with van der Waals surface area (Å²) in [6.07, 6.45) is 4.17. The van der Waals surface area contributed by atoms with Gasteiger partial charge in [0, 0.05) is 10.7 Å². The lowest BCUT2D eigenvalue weighted by Crippen LogP contribution is -2.48. The Kier molecular flexibility index (Phi) is 4.49. The number of hydrogen-bond donors (Lipinski definition) is 2. The molecule has 1 spiro atoms. The maximum Gasteiger partial charge on any atom is 0.325 e. The van der Waals surface area contributed by atoms with Crippen molar-refractivity contribution in [2.75, 3.05) is 11.9 Å². The summed E-state index contributed by atoms with van der Waals surface area (Å²) in [6, 6.07) is 4.68. The van der Waals surface area contributed by atoms with Crippen LogP contribution in [-0.4, -0.2) is 34.8 Å². The van der Waals surface area contributed by atoms with Crippen molar-refractivity contribution in [2.24, 2.45) is 0 Å². The normalized spacial score (nSPS) is 19.5. The minimum Gasteiger partial charge on any atom is -0.324 e. The molecule has 1 aliphatic heterocycles. The molecule has 0 bridgehead atoms. The van der Waals surface area contributed by atoms with Crippen LogP contribution in [0.5, 0.6) is 0 Å². The Bertz CT molecular complexity index is 698. The molecule has 0 unspecified atom stereocenters. The highest BCUT2D eigenvalue weighted by atomic mass is 35.5. The third-order valence-electron chi connectivity index (χ3n) is 4.73. The zero-order valence-electron chi connectivity index (χ0n) is 13.5. The Morgan fingerprint density at radius 3 is 2.71 bits per heavy atom. The second-order valence-electron chi connectivity index (χ2n) is 6.47. The molecule has 1 heterocycles. The molecule has 24 heavy (non-hydrogen) atoms. The molecule has 1 saturated carbocycles. The number of aryl methyl sites for hydroxylation is 1. The van der Waals surface area contributed by atoms with Crippen LogP contribution in [-0.2, 0) is 9.59 Å². The van der Waals surface area contributed by atoms with Crippen LogP contribution >= 0.6 is 11.6 Å². The van der Waals surface area contributed by atoms with E-state index in [0.29, 0.717) is 23.6 Å². The zero-order chi connectivity index (χ0) is 17.3. The maximum absolute atomic E-state index is 12.6. The first-order valence-electron chi connectivity index (χ1n) is 8.11. The van der Waals surface area contributed by atoms with Crippen LogP contribution in [0.25, 0.3) is 0 Å². The van der Waals surface area contributed by atoms with Crippen molar-refractivity contribution in [3.8, 4) is 0 Å². The number of urea groups is 1. The summed E-state index contributed by atoms with van der Waals surface area (Å²) in [5, 5.41) is 6.01. The highest BCUT2D eigenvalue weighted by molar-refractivity contribution is 6.31. The van der Waals surface area contributed by atoms with Gasteiger partial charge in [-0.25, -0.2) is 4.79 Å². The Balaban J connectivity index is 1.69. The minimum absolute atomic E-state index is 0.287. The van der Waals surface area contributed by atoms with Crippen LogP contribution in [0.15, 0.2) is 18.2 Å². The molecule has 3 rings (SSSR count). The summed E-state index contributed by atoms with van der Waals surface area (Å²) in [5.74, 6) is -0.707. The van der Waals surface area contributed by atoms with E-state index < -0.39 is 17.5 Å². The van der Waals surface area contributed by atoms with Crippen molar-refractivity contribution >= 4 is 35.1 Å². The lowest BCUT2D eigenvalue weighted by atomic mass is 9.82. The summed E-state index contributed by atoms with van der Waals surface area (Å²) in [7, 11) is 0. The number of carbonyl (C=O) groups excluding carboxylic acids is 3. The van der Waals surface area contributed by atoms with Gasteiger partial charge in [-0.1, -0.05) is 36.9 Å². The van der Waals surface area contributed by atoms with Crippen molar-refractivity contribution in [1.29, 1.82) is 0 Å². The molecule has 1 saturated heterocycles. The van der Waals surface area contributed by atoms with Gasteiger partial charge < -0.3 is 10.6 Å².